The standard InChI is InChI=1S/C11H13N3O2S2/c1-7-6-9(13-12-7)10-4-5-11(17-10)18(15,16)14-8-2-3-8/h4-6,8,14H,2-3H2,1H3,(H,12,13). The largest absolute Gasteiger partial charge is 0.282 e. The van der Waals surface area contributed by atoms with Crippen LogP contribution in [0.3, 0.4) is 0 Å². The summed E-state index contributed by atoms with van der Waals surface area (Å²) in [6, 6.07) is 5.46. The summed E-state index contributed by atoms with van der Waals surface area (Å²) >= 11 is 1.24. The Bertz CT molecular complexity index is 668. The number of aromatic nitrogens is 2. The summed E-state index contributed by atoms with van der Waals surface area (Å²) in [5.41, 5.74) is 1.74. The molecule has 2 aromatic heterocycles. The minimum absolute atomic E-state index is 0.133. The van der Waals surface area contributed by atoms with Gasteiger partial charge in [0.15, 0.2) is 0 Å². The van der Waals surface area contributed by atoms with Gasteiger partial charge < -0.3 is 0 Å². The van der Waals surface area contributed by atoms with Gasteiger partial charge in [0.25, 0.3) is 0 Å². The van der Waals surface area contributed by atoms with E-state index in [2.05, 4.69) is 14.9 Å². The first kappa shape index (κ1) is 11.9. The molecule has 0 spiro atoms. The molecule has 0 aromatic carbocycles. The molecule has 3 rings (SSSR count). The third kappa shape index (κ3) is 2.33. The normalized spacial score (nSPS) is 16.1. The van der Waals surface area contributed by atoms with E-state index in [1.807, 2.05) is 13.0 Å². The van der Waals surface area contributed by atoms with Crippen molar-refractivity contribution < 1.29 is 8.42 Å². The van der Waals surface area contributed by atoms with Crippen molar-refractivity contribution in [3.8, 4) is 10.6 Å². The first-order valence-electron chi connectivity index (χ1n) is 5.69. The van der Waals surface area contributed by atoms with Gasteiger partial charge in [0.1, 0.15) is 9.90 Å². The highest BCUT2D eigenvalue weighted by Crippen LogP contribution is 2.31. The molecule has 0 unspecified atom stereocenters. The molecule has 0 radical (unpaired) electrons. The van der Waals surface area contributed by atoms with Gasteiger partial charge >= 0.3 is 0 Å². The van der Waals surface area contributed by atoms with Crippen LogP contribution < -0.4 is 4.72 Å². The molecular formula is C11H13N3O2S2. The smallest absolute Gasteiger partial charge is 0.250 e. The van der Waals surface area contributed by atoms with E-state index in [4.69, 9.17) is 0 Å². The fourth-order valence-electron chi connectivity index (χ4n) is 1.63. The summed E-state index contributed by atoms with van der Waals surface area (Å²) < 4.78 is 27.0. The van der Waals surface area contributed by atoms with Gasteiger partial charge in [0.2, 0.25) is 10.0 Å². The zero-order chi connectivity index (χ0) is 12.8. The number of rotatable bonds is 4. The van der Waals surface area contributed by atoms with Crippen LogP contribution in [-0.2, 0) is 10.0 Å². The van der Waals surface area contributed by atoms with Gasteiger partial charge in [-0.25, -0.2) is 13.1 Å². The van der Waals surface area contributed by atoms with Crippen molar-refractivity contribution in [2.75, 3.05) is 0 Å². The minimum Gasteiger partial charge on any atom is -0.282 e. The minimum atomic E-state index is -3.35. The molecule has 2 N–H and O–H groups in total. The monoisotopic (exact) mass is 283 g/mol. The van der Waals surface area contributed by atoms with Gasteiger partial charge in [0, 0.05) is 11.7 Å². The zero-order valence-corrected chi connectivity index (χ0v) is 11.4. The van der Waals surface area contributed by atoms with Crippen LogP contribution in [0.15, 0.2) is 22.4 Å². The van der Waals surface area contributed by atoms with E-state index in [9.17, 15) is 8.42 Å². The van der Waals surface area contributed by atoms with Crippen molar-refractivity contribution in [3.05, 3.63) is 23.9 Å². The quantitative estimate of drug-likeness (QED) is 0.899. The Morgan fingerprint density at radius 1 is 1.44 bits per heavy atom. The van der Waals surface area contributed by atoms with Gasteiger partial charge in [-0.15, -0.1) is 11.3 Å². The van der Waals surface area contributed by atoms with Gasteiger partial charge in [0.05, 0.1) is 4.88 Å². The fraction of sp³-hybridized carbons (Fsp3) is 0.364. The van der Waals surface area contributed by atoms with E-state index in [-0.39, 0.29) is 6.04 Å². The predicted molar refractivity (Wildman–Crippen MR) is 70.0 cm³/mol. The molecule has 1 aliphatic carbocycles. The maximum Gasteiger partial charge on any atom is 0.250 e. The molecular weight excluding hydrogens is 270 g/mol. The Morgan fingerprint density at radius 2 is 2.22 bits per heavy atom. The number of nitrogens with one attached hydrogen (secondary N) is 2. The average Bonchev–Trinajstić information content (AvgIpc) is 2.82. The molecule has 96 valence electrons. The lowest BCUT2D eigenvalue weighted by molar-refractivity contribution is 0.583. The Morgan fingerprint density at radius 3 is 2.83 bits per heavy atom. The number of H-pyrrole nitrogens is 1. The van der Waals surface area contributed by atoms with E-state index in [1.54, 1.807) is 12.1 Å². The van der Waals surface area contributed by atoms with Crippen LogP contribution in [0.1, 0.15) is 18.5 Å². The van der Waals surface area contributed by atoms with Crippen LogP contribution in [0.2, 0.25) is 0 Å². The highest BCUT2D eigenvalue weighted by molar-refractivity contribution is 7.91. The SMILES string of the molecule is Cc1cc(-c2ccc(S(=O)(=O)NC3CC3)s2)n[nH]1. The summed E-state index contributed by atoms with van der Waals surface area (Å²) in [4.78, 5) is 0.857. The topological polar surface area (TPSA) is 74.8 Å². The van der Waals surface area contributed by atoms with Crippen LogP contribution in [0, 0.1) is 6.92 Å². The molecule has 2 aromatic rings. The average molecular weight is 283 g/mol. The molecule has 0 aliphatic heterocycles. The molecule has 0 amide bonds. The number of sulfonamides is 1. The van der Waals surface area contributed by atoms with Crippen LogP contribution in [0.4, 0.5) is 0 Å². The zero-order valence-electron chi connectivity index (χ0n) is 9.80. The molecule has 0 bridgehead atoms. The molecule has 1 fully saturated rings. The summed E-state index contributed by atoms with van der Waals surface area (Å²) in [5, 5.41) is 6.97. The number of thiophene rings is 1. The van der Waals surface area contributed by atoms with Gasteiger partial charge in [-0.3, -0.25) is 5.10 Å². The van der Waals surface area contributed by atoms with Crippen LogP contribution in [0.5, 0.6) is 0 Å². The summed E-state index contributed by atoms with van der Waals surface area (Å²) in [5.74, 6) is 0. The van der Waals surface area contributed by atoms with Crippen LogP contribution >= 0.6 is 11.3 Å². The first-order chi connectivity index (χ1) is 8.54. The summed E-state index contributed by atoms with van der Waals surface area (Å²) in [6.07, 6.45) is 1.88. The predicted octanol–water partition coefficient (Wildman–Crippen LogP) is 1.89. The molecule has 7 heteroatoms. The number of aryl methyl sites for hydroxylation is 1. The highest BCUT2D eigenvalue weighted by atomic mass is 32.2. The second kappa shape index (κ2) is 4.18. The highest BCUT2D eigenvalue weighted by Gasteiger charge is 2.28. The Balaban J connectivity index is 1.89. The Labute approximate surface area is 109 Å². The molecule has 5 nitrogen and oxygen atoms in total. The van der Waals surface area contributed by atoms with E-state index < -0.39 is 10.0 Å². The number of hydrogen-bond donors (Lipinski definition) is 2. The van der Waals surface area contributed by atoms with E-state index in [1.165, 1.54) is 11.3 Å². The van der Waals surface area contributed by atoms with E-state index >= 15 is 0 Å². The lowest BCUT2D eigenvalue weighted by atomic mass is 10.3. The van der Waals surface area contributed by atoms with Crippen molar-refractivity contribution >= 4 is 21.4 Å². The maximum atomic E-state index is 12.0. The first-order valence-corrected chi connectivity index (χ1v) is 7.99. The Hall–Kier alpha value is -1.18. The fourth-order valence-corrected chi connectivity index (χ4v) is 4.21. The van der Waals surface area contributed by atoms with Gasteiger partial charge in [-0.05, 0) is 38.0 Å². The summed E-state index contributed by atoms with van der Waals surface area (Å²) in [6.45, 7) is 1.91. The third-order valence-electron chi connectivity index (χ3n) is 2.70. The number of aromatic amines is 1. The van der Waals surface area contributed by atoms with E-state index in [0.29, 0.717) is 4.21 Å². The molecule has 1 saturated carbocycles. The number of hydrogen-bond acceptors (Lipinski definition) is 4. The van der Waals surface area contributed by atoms with Crippen molar-refractivity contribution in [3.63, 3.8) is 0 Å². The third-order valence-corrected chi connectivity index (χ3v) is 5.82. The van der Waals surface area contributed by atoms with Crippen LogP contribution in [0.25, 0.3) is 10.6 Å². The lowest BCUT2D eigenvalue weighted by Crippen LogP contribution is -2.24. The molecule has 18 heavy (non-hydrogen) atoms. The van der Waals surface area contributed by atoms with Gasteiger partial charge in [-0.1, -0.05) is 0 Å². The number of nitrogens with zero attached hydrogens (tertiary/aromatic N) is 1. The summed E-state index contributed by atoms with van der Waals surface area (Å²) in [7, 11) is -3.35. The Kier molecular flexibility index (Phi) is 2.76. The van der Waals surface area contributed by atoms with Crippen molar-refractivity contribution in [2.24, 2.45) is 0 Å². The molecule has 1 aliphatic rings. The van der Waals surface area contributed by atoms with Crippen molar-refractivity contribution in [1.82, 2.24) is 14.9 Å². The van der Waals surface area contributed by atoms with Crippen molar-refractivity contribution in [2.45, 2.75) is 30.0 Å². The second-order valence-corrected chi connectivity index (χ2v) is 7.48. The molecule has 0 saturated heterocycles. The second-order valence-electron chi connectivity index (χ2n) is 4.45. The van der Waals surface area contributed by atoms with Gasteiger partial charge in [-0.2, -0.15) is 5.10 Å². The molecule has 0 atom stereocenters. The van der Waals surface area contributed by atoms with E-state index in [0.717, 1.165) is 29.1 Å². The lowest BCUT2D eigenvalue weighted by Gasteiger charge is -2.01. The molecule has 2 heterocycles. The van der Waals surface area contributed by atoms with Crippen LogP contribution in [-0.4, -0.2) is 24.7 Å². The van der Waals surface area contributed by atoms with Crippen molar-refractivity contribution in [1.29, 1.82) is 0 Å². The maximum absolute atomic E-state index is 12.0.